The van der Waals surface area contributed by atoms with E-state index in [-0.39, 0.29) is 11.4 Å². The van der Waals surface area contributed by atoms with Crippen molar-refractivity contribution in [3.63, 3.8) is 0 Å². The number of aliphatic hydroxyl groups excluding tert-OH is 1. The number of rotatable bonds is 19. The molecule has 0 radical (unpaired) electrons. The Morgan fingerprint density at radius 3 is 2.54 bits per heavy atom. The summed E-state index contributed by atoms with van der Waals surface area (Å²) in [5, 5.41) is 25.7. The van der Waals surface area contributed by atoms with E-state index in [1.54, 1.807) is 36.7 Å². The predicted molar refractivity (Wildman–Crippen MR) is 160 cm³/mol. The average molecular weight is 564 g/mol. The summed E-state index contributed by atoms with van der Waals surface area (Å²) in [5.41, 5.74) is 9.04. The van der Waals surface area contributed by atoms with Crippen molar-refractivity contribution in [2.24, 2.45) is 5.73 Å². The third kappa shape index (κ3) is 10.8. The molecular weight excluding hydrogens is 522 g/mol. The molecule has 0 fully saturated rings. The standard InChI is InChI=1S/C31H41N5O5/c32-31(40)36(27-12-8-16-33-21-27)26-11-7-10-24(19-26)9-3-6-18-41-17-5-2-1-4-15-34-22-30(39)25-13-14-29(38)28(20-25)35-23-37/h7-8,10-14,16,19-21,23,30,34,38-39H,1-6,9,15,17-18,22H2,(H2,32,40)(H,35,37)/t30-/m0/s1. The van der Waals surface area contributed by atoms with Crippen molar-refractivity contribution in [3.8, 4) is 5.75 Å². The summed E-state index contributed by atoms with van der Waals surface area (Å²) < 4.78 is 5.80. The van der Waals surface area contributed by atoms with Gasteiger partial charge in [-0.05, 0) is 86.2 Å². The van der Waals surface area contributed by atoms with Crippen LogP contribution in [0.5, 0.6) is 5.75 Å². The van der Waals surface area contributed by atoms with E-state index in [1.807, 2.05) is 18.2 Å². The molecule has 3 aromatic rings. The number of amides is 3. The quantitative estimate of drug-likeness (QED) is 0.0799. The second kappa shape index (κ2) is 17.6. The molecule has 0 aliphatic rings. The van der Waals surface area contributed by atoms with Crippen LogP contribution in [0.3, 0.4) is 0 Å². The van der Waals surface area contributed by atoms with E-state index < -0.39 is 12.1 Å². The third-order valence-corrected chi connectivity index (χ3v) is 6.65. The summed E-state index contributed by atoms with van der Waals surface area (Å²) in [6, 6.07) is 15.5. The summed E-state index contributed by atoms with van der Waals surface area (Å²) in [5.74, 6) is -0.0387. The van der Waals surface area contributed by atoms with Crippen LogP contribution in [0.15, 0.2) is 67.0 Å². The van der Waals surface area contributed by atoms with Crippen LogP contribution in [0.2, 0.25) is 0 Å². The van der Waals surface area contributed by atoms with Crippen molar-refractivity contribution in [2.45, 2.75) is 51.0 Å². The topological polar surface area (TPSA) is 150 Å². The van der Waals surface area contributed by atoms with Gasteiger partial charge in [0.05, 0.1) is 29.4 Å². The van der Waals surface area contributed by atoms with Gasteiger partial charge < -0.3 is 31.3 Å². The number of carbonyl (C=O) groups excluding carboxylic acids is 2. The Balaban J connectivity index is 1.21. The minimum absolute atomic E-state index is 0.0387. The smallest absolute Gasteiger partial charge is 0.323 e. The van der Waals surface area contributed by atoms with Crippen LogP contribution >= 0.6 is 0 Å². The maximum absolute atomic E-state index is 12.1. The van der Waals surface area contributed by atoms with Gasteiger partial charge in [0.2, 0.25) is 6.41 Å². The molecule has 3 rings (SSSR count). The highest BCUT2D eigenvalue weighted by Crippen LogP contribution is 2.27. The first kappa shape index (κ1) is 31.5. The minimum atomic E-state index is -0.725. The number of phenols is 1. The molecule has 0 saturated heterocycles. The Bertz CT molecular complexity index is 1210. The SMILES string of the molecule is NC(=O)N(c1cccnc1)c1cccc(CCCCOCCCCCCNC[C@H](O)c2ccc(O)c(NC=O)c2)c1. The lowest BCUT2D eigenvalue weighted by Gasteiger charge is -2.20. The summed E-state index contributed by atoms with van der Waals surface area (Å²) in [4.78, 5) is 28.2. The number of urea groups is 1. The van der Waals surface area contributed by atoms with Gasteiger partial charge in [-0.15, -0.1) is 0 Å². The molecule has 0 aliphatic carbocycles. The highest BCUT2D eigenvalue weighted by molar-refractivity contribution is 5.98. The van der Waals surface area contributed by atoms with Gasteiger partial charge in [-0.25, -0.2) is 4.79 Å². The Morgan fingerprint density at radius 1 is 1.00 bits per heavy atom. The van der Waals surface area contributed by atoms with E-state index in [9.17, 15) is 19.8 Å². The summed E-state index contributed by atoms with van der Waals surface area (Å²) in [7, 11) is 0. The Labute approximate surface area is 241 Å². The van der Waals surface area contributed by atoms with E-state index in [4.69, 9.17) is 10.5 Å². The van der Waals surface area contributed by atoms with E-state index >= 15 is 0 Å². The van der Waals surface area contributed by atoms with Crippen LogP contribution in [0, 0.1) is 0 Å². The lowest BCUT2D eigenvalue weighted by atomic mass is 10.1. The first-order chi connectivity index (χ1) is 20.0. The molecule has 6 N–H and O–H groups in total. The average Bonchev–Trinajstić information content (AvgIpc) is 2.97. The molecule has 41 heavy (non-hydrogen) atoms. The highest BCUT2D eigenvalue weighted by Gasteiger charge is 2.15. The van der Waals surface area contributed by atoms with Crippen molar-refractivity contribution in [3.05, 3.63) is 78.1 Å². The number of phenolic OH excluding ortho intramolecular Hbond substituents is 1. The number of nitrogens with two attached hydrogens (primary N) is 1. The third-order valence-electron chi connectivity index (χ3n) is 6.65. The number of hydrogen-bond acceptors (Lipinski definition) is 7. The maximum atomic E-state index is 12.1. The Kier molecular flexibility index (Phi) is 13.6. The minimum Gasteiger partial charge on any atom is -0.506 e. The van der Waals surface area contributed by atoms with Crippen molar-refractivity contribution < 1.29 is 24.5 Å². The Morgan fingerprint density at radius 2 is 1.78 bits per heavy atom. The van der Waals surface area contributed by atoms with E-state index in [0.29, 0.717) is 24.2 Å². The molecule has 0 spiro atoms. The van der Waals surface area contributed by atoms with E-state index in [1.165, 1.54) is 11.0 Å². The molecule has 0 unspecified atom stereocenters. The molecule has 10 nitrogen and oxygen atoms in total. The number of ether oxygens (including phenoxy) is 1. The van der Waals surface area contributed by atoms with Crippen LogP contribution in [0.1, 0.15) is 55.8 Å². The van der Waals surface area contributed by atoms with Gasteiger partial charge in [0, 0.05) is 26.0 Å². The molecule has 1 atom stereocenters. The van der Waals surface area contributed by atoms with Crippen LogP contribution in [0.25, 0.3) is 0 Å². The van der Waals surface area contributed by atoms with Crippen LogP contribution in [-0.2, 0) is 16.0 Å². The van der Waals surface area contributed by atoms with Gasteiger partial charge in [0.15, 0.2) is 0 Å². The number of anilines is 3. The lowest BCUT2D eigenvalue weighted by Crippen LogP contribution is -2.31. The number of nitrogens with zero attached hydrogens (tertiary/aromatic N) is 2. The molecule has 1 heterocycles. The van der Waals surface area contributed by atoms with Crippen LogP contribution in [0.4, 0.5) is 21.9 Å². The van der Waals surface area contributed by atoms with E-state index in [0.717, 1.165) is 76.0 Å². The van der Waals surface area contributed by atoms with Gasteiger partial charge in [0.1, 0.15) is 5.75 Å². The van der Waals surface area contributed by atoms with Crippen molar-refractivity contribution in [1.82, 2.24) is 10.3 Å². The van der Waals surface area contributed by atoms with Crippen molar-refractivity contribution >= 4 is 29.5 Å². The molecule has 2 aromatic carbocycles. The zero-order valence-corrected chi connectivity index (χ0v) is 23.4. The molecule has 0 bridgehead atoms. The molecule has 220 valence electrons. The molecule has 10 heteroatoms. The summed E-state index contributed by atoms with van der Waals surface area (Å²) in [6.07, 6.45) is 10.1. The monoisotopic (exact) mass is 563 g/mol. The number of benzene rings is 2. The first-order valence-corrected chi connectivity index (χ1v) is 14.1. The van der Waals surface area contributed by atoms with Gasteiger partial charge >= 0.3 is 6.03 Å². The van der Waals surface area contributed by atoms with Gasteiger partial charge in [-0.3, -0.25) is 14.7 Å². The largest absolute Gasteiger partial charge is 0.506 e. The van der Waals surface area contributed by atoms with Crippen LogP contribution < -0.4 is 21.3 Å². The number of aliphatic hydroxyl groups is 1. The zero-order valence-electron chi connectivity index (χ0n) is 23.4. The fraction of sp³-hybridized carbons (Fsp3) is 0.387. The number of primary amides is 1. The van der Waals surface area contributed by atoms with Crippen molar-refractivity contribution in [1.29, 1.82) is 0 Å². The van der Waals surface area contributed by atoms with Crippen LogP contribution in [-0.4, -0.2) is 53.9 Å². The lowest BCUT2D eigenvalue weighted by molar-refractivity contribution is -0.105. The van der Waals surface area contributed by atoms with Gasteiger partial charge in [-0.2, -0.15) is 0 Å². The second-order valence-electron chi connectivity index (χ2n) is 9.80. The highest BCUT2D eigenvalue weighted by atomic mass is 16.5. The number of aryl methyl sites for hydroxylation is 1. The number of unbranched alkanes of at least 4 members (excludes halogenated alkanes) is 4. The normalized spacial score (nSPS) is 11.6. The fourth-order valence-corrected chi connectivity index (χ4v) is 4.48. The predicted octanol–water partition coefficient (Wildman–Crippen LogP) is 4.80. The maximum Gasteiger partial charge on any atom is 0.323 e. The van der Waals surface area contributed by atoms with Gasteiger partial charge in [0.25, 0.3) is 0 Å². The zero-order chi connectivity index (χ0) is 29.3. The summed E-state index contributed by atoms with van der Waals surface area (Å²) >= 11 is 0. The summed E-state index contributed by atoms with van der Waals surface area (Å²) in [6.45, 7) is 2.67. The first-order valence-electron chi connectivity index (χ1n) is 14.1. The Hall–Kier alpha value is -3.99. The van der Waals surface area contributed by atoms with Crippen molar-refractivity contribution in [2.75, 3.05) is 36.5 Å². The number of nitrogens with one attached hydrogen (secondary N) is 2. The second-order valence-corrected chi connectivity index (χ2v) is 9.80. The molecular formula is C31H41N5O5. The number of carbonyl (C=O) groups is 2. The van der Waals surface area contributed by atoms with Gasteiger partial charge in [-0.1, -0.05) is 31.0 Å². The molecule has 0 saturated carbocycles. The number of pyridine rings is 1. The number of aromatic hydroxyl groups is 1. The molecule has 3 amide bonds. The molecule has 0 aliphatic heterocycles. The number of aromatic nitrogens is 1. The fourth-order valence-electron chi connectivity index (χ4n) is 4.48. The molecule has 1 aromatic heterocycles. The van der Waals surface area contributed by atoms with E-state index in [2.05, 4.69) is 21.7 Å². The number of hydrogen-bond donors (Lipinski definition) is 5.